The van der Waals surface area contributed by atoms with Crippen molar-refractivity contribution in [2.24, 2.45) is 17.8 Å². The minimum Gasteiger partial charge on any atom is -0.445 e. The molecule has 2 heterocycles. The van der Waals surface area contributed by atoms with Crippen LogP contribution >= 0.6 is 0 Å². The molecule has 0 bridgehead atoms. The maximum absolute atomic E-state index is 11.9. The summed E-state index contributed by atoms with van der Waals surface area (Å²) in [6, 6.07) is 10.5. The van der Waals surface area contributed by atoms with Crippen molar-refractivity contribution in [1.82, 2.24) is 19.7 Å². The summed E-state index contributed by atoms with van der Waals surface area (Å²) in [5, 5.41) is 14.7. The van der Waals surface area contributed by atoms with Crippen molar-refractivity contribution >= 4 is 11.8 Å². The zero-order valence-electron chi connectivity index (χ0n) is 22.2. The standard InChI is InChI=1S/C26H28N6O3.C2H6/c1-5-6-10-24(35-17(2)28-3)23(33)12-11-18-8-7-9-19(15-18)26-30-20(16-21(31-26)25(27)34)22-13-14-29-32(22)4;1-2/h7-10,13-16,23,33H,5-6H2,1-4H3,(H2,27,34);1-2H3/b24-10+,28-17?;. The van der Waals surface area contributed by atoms with Gasteiger partial charge in [-0.3, -0.25) is 14.5 Å². The average Bonchev–Trinajstić information content (AvgIpc) is 3.36. The Morgan fingerprint density at radius 2 is 2.03 bits per heavy atom. The Hall–Kier alpha value is -4.29. The van der Waals surface area contributed by atoms with Crippen LogP contribution in [0.15, 0.2) is 59.4 Å². The molecule has 194 valence electrons. The van der Waals surface area contributed by atoms with E-state index >= 15 is 0 Å². The van der Waals surface area contributed by atoms with Crippen LogP contribution in [0, 0.1) is 11.8 Å². The summed E-state index contributed by atoms with van der Waals surface area (Å²) in [6.45, 7) is 7.75. The predicted octanol–water partition coefficient (Wildman–Crippen LogP) is 4.13. The molecule has 3 rings (SSSR count). The van der Waals surface area contributed by atoms with Gasteiger partial charge in [0, 0.05) is 38.3 Å². The Labute approximate surface area is 218 Å². The number of aryl methyl sites for hydroxylation is 1. The molecule has 0 aliphatic rings. The van der Waals surface area contributed by atoms with E-state index in [1.54, 1.807) is 56.2 Å². The number of hydrogen-bond acceptors (Lipinski definition) is 7. The highest BCUT2D eigenvalue weighted by Gasteiger charge is 2.14. The number of hydrogen-bond donors (Lipinski definition) is 2. The first-order valence-corrected chi connectivity index (χ1v) is 12.1. The zero-order chi connectivity index (χ0) is 27.4. The number of carbonyl (C=O) groups excluding carboxylic acids is 1. The van der Waals surface area contributed by atoms with E-state index in [9.17, 15) is 9.90 Å². The minimum atomic E-state index is -1.12. The molecule has 1 amide bonds. The van der Waals surface area contributed by atoms with Crippen LogP contribution in [-0.2, 0) is 11.8 Å². The van der Waals surface area contributed by atoms with Crippen LogP contribution in [0.4, 0.5) is 0 Å². The molecular weight excluding hydrogens is 468 g/mol. The van der Waals surface area contributed by atoms with E-state index in [0.717, 1.165) is 12.8 Å². The number of aromatic nitrogens is 4. The van der Waals surface area contributed by atoms with Crippen molar-refractivity contribution in [3.8, 4) is 34.6 Å². The molecule has 0 aliphatic heterocycles. The molecule has 1 atom stereocenters. The molecule has 0 fully saturated rings. The lowest BCUT2D eigenvalue weighted by Crippen LogP contribution is -2.14. The third-order valence-electron chi connectivity index (χ3n) is 5.02. The Kier molecular flexibility index (Phi) is 11.2. The Balaban J connectivity index is 0.00000235. The number of ether oxygens (including phenoxy) is 1. The first-order chi connectivity index (χ1) is 17.8. The Morgan fingerprint density at radius 3 is 2.65 bits per heavy atom. The van der Waals surface area contributed by atoms with Gasteiger partial charge in [0.2, 0.25) is 0 Å². The van der Waals surface area contributed by atoms with Gasteiger partial charge in [0.05, 0.1) is 11.4 Å². The van der Waals surface area contributed by atoms with Crippen LogP contribution in [-0.4, -0.2) is 49.8 Å². The summed E-state index contributed by atoms with van der Waals surface area (Å²) < 4.78 is 7.28. The fourth-order valence-electron chi connectivity index (χ4n) is 3.13. The van der Waals surface area contributed by atoms with E-state index in [1.165, 1.54) is 6.07 Å². The smallest absolute Gasteiger partial charge is 0.267 e. The van der Waals surface area contributed by atoms with Gasteiger partial charge in [-0.2, -0.15) is 5.10 Å². The molecule has 0 spiro atoms. The van der Waals surface area contributed by atoms with Gasteiger partial charge in [-0.25, -0.2) is 9.97 Å². The zero-order valence-corrected chi connectivity index (χ0v) is 22.2. The molecule has 0 saturated carbocycles. The molecule has 37 heavy (non-hydrogen) atoms. The van der Waals surface area contributed by atoms with E-state index in [-0.39, 0.29) is 5.69 Å². The molecule has 0 aliphatic carbocycles. The summed E-state index contributed by atoms with van der Waals surface area (Å²) in [5.74, 6) is 6.23. The fraction of sp³-hybridized carbons (Fsp3) is 0.321. The molecule has 9 heteroatoms. The molecule has 3 N–H and O–H groups in total. The van der Waals surface area contributed by atoms with Crippen LogP contribution in [0.1, 0.15) is 56.6 Å². The molecule has 1 aromatic carbocycles. The molecular formula is C28H34N6O3. The van der Waals surface area contributed by atoms with Crippen molar-refractivity contribution in [1.29, 1.82) is 0 Å². The molecule has 9 nitrogen and oxygen atoms in total. The highest BCUT2D eigenvalue weighted by atomic mass is 16.5. The second-order valence-electron chi connectivity index (χ2n) is 7.66. The van der Waals surface area contributed by atoms with Crippen LogP contribution < -0.4 is 5.73 Å². The molecule has 1 unspecified atom stereocenters. The SMILES string of the molecule is CC.CCC/C=C(/OC(C)=NC)C(O)C#Cc1cccc(-c2nc(C(N)=O)cc(-c3ccnn3C)n2)c1. The average molecular weight is 503 g/mol. The highest BCUT2D eigenvalue weighted by Crippen LogP contribution is 2.23. The second-order valence-corrected chi connectivity index (χ2v) is 7.66. The topological polar surface area (TPSA) is 129 Å². The lowest BCUT2D eigenvalue weighted by molar-refractivity contribution is 0.0995. The number of primary amides is 1. The monoisotopic (exact) mass is 502 g/mol. The lowest BCUT2D eigenvalue weighted by Gasteiger charge is -2.11. The number of benzene rings is 1. The first-order valence-electron chi connectivity index (χ1n) is 12.1. The number of allylic oxidation sites excluding steroid dienone is 1. The molecule has 2 aromatic heterocycles. The van der Waals surface area contributed by atoms with Crippen molar-refractivity contribution in [3.63, 3.8) is 0 Å². The van der Waals surface area contributed by atoms with Crippen molar-refractivity contribution < 1.29 is 14.6 Å². The van der Waals surface area contributed by atoms with Crippen LogP contribution in [0.2, 0.25) is 0 Å². The summed E-state index contributed by atoms with van der Waals surface area (Å²) >= 11 is 0. The van der Waals surface area contributed by atoms with Gasteiger partial charge in [-0.05, 0) is 36.8 Å². The van der Waals surface area contributed by atoms with E-state index in [1.807, 2.05) is 32.9 Å². The number of nitrogens with two attached hydrogens (primary N) is 1. The van der Waals surface area contributed by atoms with Gasteiger partial charge in [0.1, 0.15) is 11.5 Å². The summed E-state index contributed by atoms with van der Waals surface area (Å²) in [6.07, 6.45) is 3.99. The number of aliphatic hydroxyl groups excluding tert-OH is 1. The van der Waals surface area contributed by atoms with Crippen molar-refractivity contribution in [3.05, 3.63) is 65.7 Å². The van der Waals surface area contributed by atoms with Crippen LogP contribution in [0.5, 0.6) is 0 Å². The van der Waals surface area contributed by atoms with E-state index in [2.05, 4.69) is 31.9 Å². The Morgan fingerprint density at radius 1 is 1.27 bits per heavy atom. The van der Waals surface area contributed by atoms with Gasteiger partial charge >= 0.3 is 0 Å². The maximum Gasteiger partial charge on any atom is 0.267 e. The summed E-state index contributed by atoms with van der Waals surface area (Å²) in [5.41, 5.74) is 8.11. The molecule has 3 aromatic rings. The van der Waals surface area contributed by atoms with Crippen LogP contribution in [0.25, 0.3) is 22.8 Å². The number of nitrogens with zero attached hydrogens (tertiary/aromatic N) is 5. The minimum absolute atomic E-state index is 0.0916. The van der Waals surface area contributed by atoms with Gasteiger partial charge in [-0.15, -0.1) is 0 Å². The largest absolute Gasteiger partial charge is 0.445 e. The van der Waals surface area contributed by atoms with Gasteiger partial charge in [0.15, 0.2) is 17.8 Å². The van der Waals surface area contributed by atoms with Crippen molar-refractivity contribution in [2.75, 3.05) is 7.05 Å². The molecule has 0 radical (unpaired) electrons. The predicted molar refractivity (Wildman–Crippen MR) is 146 cm³/mol. The third kappa shape index (κ3) is 8.12. The van der Waals surface area contributed by atoms with E-state index in [0.29, 0.717) is 40.0 Å². The number of rotatable bonds is 7. The van der Waals surface area contributed by atoms with E-state index in [4.69, 9.17) is 10.5 Å². The van der Waals surface area contributed by atoms with Gasteiger partial charge in [-0.1, -0.05) is 51.2 Å². The quantitative estimate of drug-likeness (QED) is 0.216. The normalized spacial score (nSPS) is 12.1. The summed E-state index contributed by atoms with van der Waals surface area (Å²) in [7, 11) is 3.40. The second kappa shape index (κ2) is 14.3. The Bertz CT molecular complexity index is 1330. The number of unbranched alkanes of at least 4 members (excludes halogenated alkanes) is 1. The van der Waals surface area contributed by atoms with E-state index < -0.39 is 12.0 Å². The first kappa shape index (κ1) is 28.9. The maximum atomic E-state index is 11.9. The summed E-state index contributed by atoms with van der Waals surface area (Å²) in [4.78, 5) is 24.8. The number of aliphatic imine (C=N–C) groups is 1. The van der Waals surface area contributed by atoms with Crippen molar-refractivity contribution in [2.45, 2.75) is 46.6 Å². The third-order valence-corrected chi connectivity index (χ3v) is 5.02. The highest BCUT2D eigenvalue weighted by molar-refractivity contribution is 5.92. The lowest BCUT2D eigenvalue weighted by atomic mass is 10.1. The number of carbonyl (C=O) groups is 1. The van der Waals surface area contributed by atoms with Gasteiger partial charge in [0.25, 0.3) is 5.91 Å². The van der Waals surface area contributed by atoms with Gasteiger partial charge < -0.3 is 15.6 Å². The number of amides is 1. The fourth-order valence-corrected chi connectivity index (χ4v) is 3.13. The van der Waals surface area contributed by atoms with Crippen LogP contribution in [0.3, 0.4) is 0 Å². The number of aliphatic hydroxyl groups is 1. The molecule has 0 saturated heterocycles.